The van der Waals surface area contributed by atoms with Gasteiger partial charge in [-0.1, -0.05) is 78.9 Å². The van der Waals surface area contributed by atoms with Gasteiger partial charge in [-0.2, -0.15) is 15.8 Å². The molecular formula is C45H25N5. The standard InChI is InChI=1S/C45H25N5/c46-26-29-19-22-43-39(23-29)45-33(28-48)10-8-18-44(45)50(43)40-15-4-1-12-35(40)31-20-21-32(27-47)38(25-31)30-9-7-11-34(24-30)49-41-16-5-2-13-36(41)37-14-3-6-17-42(37)49/h1-25H. The first-order chi connectivity index (χ1) is 24.7. The van der Waals surface area contributed by atoms with Crippen molar-refractivity contribution in [3.05, 3.63) is 168 Å². The quantitative estimate of drug-likeness (QED) is 0.193. The van der Waals surface area contributed by atoms with Gasteiger partial charge in [0.25, 0.3) is 0 Å². The number of hydrogen-bond donors (Lipinski definition) is 0. The molecule has 5 heteroatoms. The zero-order valence-corrected chi connectivity index (χ0v) is 26.7. The second-order valence-corrected chi connectivity index (χ2v) is 12.3. The maximum atomic E-state index is 10.3. The minimum absolute atomic E-state index is 0.539. The van der Waals surface area contributed by atoms with Crippen LogP contribution in [0.3, 0.4) is 0 Å². The summed E-state index contributed by atoms with van der Waals surface area (Å²) in [5.41, 5.74) is 11.4. The molecule has 230 valence electrons. The number of nitrogens with zero attached hydrogens (tertiary/aromatic N) is 5. The van der Waals surface area contributed by atoms with E-state index in [0.29, 0.717) is 16.7 Å². The first-order valence-electron chi connectivity index (χ1n) is 16.3. The Kier molecular flexibility index (Phi) is 6.56. The van der Waals surface area contributed by atoms with Gasteiger partial charge in [0, 0.05) is 38.4 Å². The molecule has 0 aliphatic rings. The van der Waals surface area contributed by atoms with E-state index in [4.69, 9.17) is 0 Å². The number of nitriles is 3. The summed E-state index contributed by atoms with van der Waals surface area (Å²) >= 11 is 0. The van der Waals surface area contributed by atoms with Gasteiger partial charge in [0.15, 0.2) is 0 Å². The van der Waals surface area contributed by atoms with Crippen molar-refractivity contribution in [1.82, 2.24) is 9.13 Å². The molecule has 2 aromatic heterocycles. The van der Waals surface area contributed by atoms with Gasteiger partial charge < -0.3 is 9.13 Å². The van der Waals surface area contributed by atoms with E-state index < -0.39 is 0 Å². The highest BCUT2D eigenvalue weighted by atomic mass is 15.0. The highest BCUT2D eigenvalue weighted by molar-refractivity contribution is 6.13. The van der Waals surface area contributed by atoms with E-state index >= 15 is 0 Å². The molecule has 0 N–H and O–H groups in total. The molecule has 0 bridgehead atoms. The first kappa shape index (κ1) is 28.8. The minimum Gasteiger partial charge on any atom is -0.309 e. The van der Waals surface area contributed by atoms with Crippen LogP contribution in [0.15, 0.2) is 152 Å². The molecule has 0 aliphatic carbocycles. The van der Waals surface area contributed by atoms with Gasteiger partial charge in [0.05, 0.1) is 62.7 Å². The van der Waals surface area contributed by atoms with Crippen molar-refractivity contribution < 1.29 is 0 Å². The molecule has 0 radical (unpaired) electrons. The third-order valence-corrected chi connectivity index (χ3v) is 9.63. The number of hydrogen-bond acceptors (Lipinski definition) is 3. The molecule has 5 nitrogen and oxygen atoms in total. The van der Waals surface area contributed by atoms with E-state index in [-0.39, 0.29) is 0 Å². The molecule has 2 heterocycles. The summed E-state index contributed by atoms with van der Waals surface area (Å²) in [7, 11) is 0. The predicted molar refractivity (Wildman–Crippen MR) is 200 cm³/mol. The summed E-state index contributed by atoms with van der Waals surface area (Å²) in [6.45, 7) is 0. The van der Waals surface area contributed by atoms with Crippen LogP contribution in [0.4, 0.5) is 0 Å². The second-order valence-electron chi connectivity index (χ2n) is 12.3. The topological polar surface area (TPSA) is 81.2 Å². The largest absolute Gasteiger partial charge is 0.309 e. The van der Waals surface area contributed by atoms with E-state index in [2.05, 4.69) is 118 Å². The molecule has 50 heavy (non-hydrogen) atoms. The zero-order chi connectivity index (χ0) is 33.8. The maximum Gasteiger partial charge on any atom is 0.0998 e. The SMILES string of the molecule is N#Cc1ccc2c(c1)c1c(C#N)cccc1n2-c1ccccc1-c1ccc(C#N)c(-c2cccc(-n3c4ccccc4c4ccccc43)c2)c1. The van der Waals surface area contributed by atoms with E-state index in [0.717, 1.165) is 66.5 Å². The zero-order valence-electron chi connectivity index (χ0n) is 26.7. The molecule has 0 saturated heterocycles. The van der Waals surface area contributed by atoms with E-state index in [1.165, 1.54) is 10.8 Å². The lowest BCUT2D eigenvalue weighted by Gasteiger charge is -2.16. The lowest BCUT2D eigenvalue weighted by atomic mass is 9.94. The Balaban J connectivity index is 1.25. The molecular weight excluding hydrogens is 611 g/mol. The van der Waals surface area contributed by atoms with Crippen LogP contribution in [0.5, 0.6) is 0 Å². The summed E-state index contributed by atoms with van der Waals surface area (Å²) in [6.07, 6.45) is 0. The summed E-state index contributed by atoms with van der Waals surface area (Å²) in [4.78, 5) is 0. The van der Waals surface area contributed by atoms with Crippen molar-refractivity contribution in [1.29, 1.82) is 15.8 Å². The molecule has 9 aromatic rings. The Bertz CT molecular complexity index is 2920. The molecule has 0 atom stereocenters. The monoisotopic (exact) mass is 635 g/mol. The Morgan fingerprint density at radius 3 is 1.82 bits per heavy atom. The Labute approximate surface area is 287 Å². The van der Waals surface area contributed by atoms with Gasteiger partial charge in [-0.15, -0.1) is 0 Å². The third-order valence-electron chi connectivity index (χ3n) is 9.63. The molecule has 0 fully saturated rings. The van der Waals surface area contributed by atoms with Crippen LogP contribution in [0.1, 0.15) is 16.7 Å². The number of rotatable bonds is 4. The third kappa shape index (κ3) is 4.31. The van der Waals surface area contributed by atoms with Crippen LogP contribution < -0.4 is 0 Å². The Hall–Kier alpha value is -7.39. The molecule has 7 aromatic carbocycles. The molecule has 0 aliphatic heterocycles. The summed E-state index contributed by atoms with van der Waals surface area (Å²) < 4.78 is 4.46. The average Bonchev–Trinajstić information content (AvgIpc) is 3.70. The summed E-state index contributed by atoms with van der Waals surface area (Å²) in [5.74, 6) is 0. The van der Waals surface area contributed by atoms with E-state index in [1.807, 2.05) is 60.7 Å². The highest BCUT2D eigenvalue weighted by Crippen LogP contribution is 2.40. The number of fused-ring (bicyclic) bond motifs is 6. The molecule has 0 amide bonds. The van der Waals surface area contributed by atoms with E-state index in [9.17, 15) is 15.8 Å². The van der Waals surface area contributed by atoms with Crippen LogP contribution >= 0.6 is 0 Å². The average molecular weight is 636 g/mol. The van der Waals surface area contributed by atoms with Gasteiger partial charge in [0.1, 0.15) is 0 Å². The van der Waals surface area contributed by atoms with Gasteiger partial charge in [-0.05, 0) is 83.9 Å². The molecule has 9 rings (SSSR count). The summed E-state index contributed by atoms with van der Waals surface area (Å²) in [6, 6.07) is 57.9. The van der Waals surface area contributed by atoms with Crippen LogP contribution in [0, 0.1) is 34.0 Å². The fourth-order valence-electron chi connectivity index (χ4n) is 7.47. The normalized spacial score (nSPS) is 11.1. The fraction of sp³-hybridized carbons (Fsp3) is 0. The van der Waals surface area contributed by atoms with Crippen LogP contribution in [0.2, 0.25) is 0 Å². The van der Waals surface area contributed by atoms with Crippen molar-refractivity contribution in [2.24, 2.45) is 0 Å². The van der Waals surface area contributed by atoms with Gasteiger partial charge in [-0.3, -0.25) is 0 Å². The minimum atomic E-state index is 0.539. The van der Waals surface area contributed by atoms with Crippen molar-refractivity contribution in [2.75, 3.05) is 0 Å². The molecule has 0 unspecified atom stereocenters. The Morgan fingerprint density at radius 1 is 0.400 bits per heavy atom. The Morgan fingerprint density at radius 2 is 1.06 bits per heavy atom. The maximum absolute atomic E-state index is 10.3. The second kappa shape index (κ2) is 11.4. The van der Waals surface area contributed by atoms with Crippen molar-refractivity contribution in [2.45, 2.75) is 0 Å². The highest BCUT2D eigenvalue weighted by Gasteiger charge is 2.19. The van der Waals surface area contributed by atoms with Crippen molar-refractivity contribution in [3.63, 3.8) is 0 Å². The van der Waals surface area contributed by atoms with Crippen molar-refractivity contribution >= 4 is 43.6 Å². The van der Waals surface area contributed by atoms with Crippen molar-refractivity contribution in [3.8, 4) is 51.8 Å². The molecule has 0 spiro atoms. The lowest BCUT2D eigenvalue weighted by Crippen LogP contribution is -1.98. The van der Waals surface area contributed by atoms with Gasteiger partial charge in [-0.25, -0.2) is 0 Å². The fourth-order valence-corrected chi connectivity index (χ4v) is 7.47. The first-order valence-corrected chi connectivity index (χ1v) is 16.3. The van der Waals surface area contributed by atoms with Crippen LogP contribution in [-0.2, 0) is 0 Å². The van der Waals surface area contributed by atoms with Crippen LogP contribution in [-0.4, -0.2) is 9.13 Å². The smallest absolute Gasteiger partial charge is 0.0998 e. The lowest BCUT2D eigenvalue weighted by molar-refractivity contribution is 1.18. The van der Waals surface area contributed by atoms with Crippen LogP contribution in [0.25, 0.3) is 77.2 Å². The van der Waals surface area contributed by atoms with Gasteiger partial charge >= 0.3 is 0 Å². The molecule has 0 saturated carbocycles. The van der Waals surface area contributed by atoms with Gasteiger partial charge in [0.2, 0.25) is 0 Å². The number of benzene rings is 7. The summed E-state index contributed by atoms with van der Waals surface area (Å²) in [5, 5.41) is 34.1. The van der Waals surface area contributed by atoms with E-state index in [1.54, 1.807) is 0 Å². The number of aromatic nitrogens is 2. The predicted octanol–water partition coefficient (Wildman–Crippen LogP) is 10.8. The number of para-hydroxylation sites is 3.